The Hall–Kier alpha value is -1.46. The number of hydrogen-bond acceptors (Lipinski definition) is 5. The molecule has 1 unspecified atom stereocenters. The SMILES string of the molecule is CCN1CCN(Cc2ccc(N)cn2)CC1C=O. The minimum Gasteiger partial charge on any atom is -0.397 e. The van der Waals surface area contributed by atoms with E-state index in [4.69, 9.17) is 5.73 Å². The normalized spacial score (nSPS) is 21.9. The largest absolute Gasteiger partial charge is 0.397 e. The van der Waals surface area contributed by atoms with E-state index in [-0.39, 0.29) is 6.04 Å². The number of nitrogens with two attached hydrogens (primary N) is 1. The molecule has 0 aromatic carbocycles. The molecule has 1 aliphatic heterocycles. The van der Waals surface area contributed by atoms with Crippen molar-refractivity contribution in [3.63, 3.8) is 0 Å². The molecule has 1 aliphatic rings. The van der Waals surface area contributed by atoms with Gasteiger partial charge in [-0.1, -0.05) is 6.92 Å². The number of piperazine rings is 1. The van der Waals surface area contributed by atoms with Crippen molar-refractivity contribution in [2.24, 2.45) is 0 Å². The van der Waals surface area contributed by atoms with Gasteiger partial charge in [-0.05, 0) is 18.7 Å². The first-order valence-corrected chi connectivity index (χ1v) is 6.35. The summed E-state index contributed by atoms with van der Waals surface area (Å²) in [4.78, 5) is 19.8. The first-order chi connectivity index (χ1) is 8.72. The highest BCUT2D eigenvalue weighted by Crippen LogP contribution is 2.11. The summed E-state index contributed by atoms with van der Waals surface area (Å²) < 4.78 is 0. The lowest BCUT2D eigenvalue weighted by atomic mass is 10.1. The average molecular weight is 248 g/mol. The van der Waals surface area contributed by atoms with Gasteiger partial charge in [0.1, 0.15) is 6.29 Å². The van der Waals surface area contributed by atoms with Crippen LogP contribution in [0.5, 0.6) is 0 Å². The monoisotopic (exact) mass is 248 g/mol. The maximum absolute atomic E-state index is 11.1. The Morgan fingerprint density at radius 2 is 2.33 bits per heavy atom. The molecule has 18 heavy (non-hydrogen) atoms. The smallest absolute Gasteiger partial charge is 0.138 e. The number of carbonyl (C=O) groups is 1. The van der Waals surface area contributed by atoms with E-state index in [2.05, 4.69) is 21.7 Å². The van der Waals surface area contributed by atoms with Crippen molar-refractivity contribution in [2.75, 3.05) is 31.9 Å². The Bertz CT molecular complexity index is 392. The summed E-state index contributed by atoms with van der Waals surface area (Å²) >= 11 is 0. The molecule has 1 fully saturated rings. The second-order valence-corrected chi connectivity index (χ2v) is 4.65. The van der Waals surface area contributed by atoms with Crippen LogP contribution >= 0.6 is 0 Å². The molecule has 2 heterocycles. The van der Waals surface area contributed by atoms with Gasteiger partial charge < -0.3 is 10.5 Å². The van der Waals surface area contributed by atoms with E-state index in [1.54, 1.807) is 6.20 Å². The third kappa shape index (κ3) is 3.05. The molecule has 2 N–H and O–H groups in total. The second-order valence-electron chi connectivity index (χ2n) is 4.65. The molecule has 1 saturated heterocycles. The van der Waals surface area contributed by atoms with Crippen molar-refractivity contribution in [3.05, 3.63) is 24.0 Å². The summed E-state index contributed by atoms with van der Waals surface area (Å²) in [7, 11) is 0. The Kier molecular flexibility index (Phi) is 4.28. The predicted molar refractivity (Wildman–Crippen MR) is 71.0 cm³/mol. The minimum atomic E-state index is 0.0116. The summed E-state index contributed by atoms with van der Waals surface area (Å²) in [5.74, 6) is 0. The van der Waals surface area contributed by atoms with Crippen LogP contribution in [-0.4, -0.2) is 53.3 Å². The maximum atomic E-state index is 11.1. The van der Waals surface area contributed by atoms with E-state index in [9.17, 15) is 4.79 Å². The molecule has 0 saturated carbocycles. The van der Waals surface area contributed by atoms with E-state index in [1.165, 1.54) is 0 Å². The lowest BCUT2D eigenvalue weighted by Gasteiger charge is -2.38. The standard InChI is InChI=1S/C13H20N4O/c1-2-17-6-5-16(9-13(17)10-18)8-12-4-3-11(14)7-15-12/h3-4,7,10,13H,2,5-6,8-9,14H2,1H3. The number of aldehydes is 1. The number of likely N-dealkylation sites (N-methyl/N-ethyl adjacent to an activating group) is 1. The third-order valence-corrected chi connectivity index (χ3v) is 3.41. The molecule has 5 heteroatoms. The van der Waals surface area contributed by atoms with Gasteiger partial charge in [0.2, 0.25) is 0 Å². The van der Waals surface area contributed by atoms with E-state index < -0.39 is 0 Å². The molecule has 1 aromatic heterocycles. The number of pyridine rings is 1. The van der Waals surface area contributed by atoms with E-state index in [0.717, 1.165) is 44.7 Å². The lowest BCUT2D eigenvalue weighted by Crippen LogP contribution is -2.53. The van der Waals surface area contributed by atoms with Gasteiger partial charge in [0.25, 0.3) is 0 Å². The van der Waals surface area contributed by atoms with Gasteiger partial charge in [-0.3, -0.25) is 14.8 Å². The average Bonchev–Trinajstić information content (AvgIpc) is 2.41. The van der Waals surface area contributed by atoms with Gasteiger partial charge in [-0.15, -0.1) is 0 Å². The summed E-state index contributed by atoms with van der Waals surface area (Å²) in [6.45, 7) is 6.50. The van der Waals surface area contributed by atoms with Crippen LogP contribution in [-0.2, 0) is 11.3 Å². The van der Waals surface area contributed by atoms with Gasteiger partial charge >= 0.3 is 0 Å². The van der Waals surface area contributed by atoms with Crippen LogP contribution in [0.1, 0.15) is 12.6 Å². The molecule has 0 radical (unpaired) electrons. The molecule has 0 bridgehead atoms. The first kappa shape index (κ1) is 13.0. The summed E-state index contributed by atoms with van der Waals surface area (Å²) in [6.07, 6.45) is 2.72. The van der Waals surface area contributed by atoms with E-state index in [0.29, 0.717) is 5.69 Å². The minimum absolute atomic E-state index is 0.0116. The summed E-state index contributed by atoms with van der Waals surface area (Å²) in [6, 6.07) is 3.82. The molecular formula is C13H20N4O. The van der Waals surface area contributed by atoms with Crippen LogP contribution < -0.4 is 5.73 Å². The second kappa shape index (κ2) is 5.93. The van der Waals surface area contributed by atoms with Crippen molar-refractivity contribution >= 4 is 12.0 Å². The Morgan fingerprint density at radius 1 is 1.50 bits per heavy atom. The molecule has 1 aromatic rings. The molecule has 0 aliphatic carbocycles. The topological polar surface area (TPSA) is 62.5 Å². The number of rotatable bonds is 4. The Balaban J connectivity index is 1.95. The quantitative estimate of drug-likeness (QED) is 0.780. The zero-order valence-electron chi connectivity index (χ0n) is 10.7. The van der Waals surface area contributed by atoms with Crippen LogP contribution in [0.3, 0.4) is 0 Å². The number of nitrogen functional groups attached to an aromatic ring is 1. The van der Waals surface area contributed by atoms with Crippen molar-refractivity contribution in [2.45, 2.75) is 19.5 Å². The van der Waals surface area contributed by atoms with Crippen molar-refractivity contribution in [1.29, 1.82) is 0 Å². The van der Waals surface area contributed by atoms with Crippen LogP contribution in [0, 0.1) is 0 Å². The number of nitrogens with zero attached hydrogens (tertiary/aromatic N) is 3. The highest BCUT2D eigenvalue weighted by Gasteiger charge is 2.25. The number of anilines is 1. The molecule has 98 valence electrons. The van der Waals surface area contributed by atoms with E-state index in [1.807, 2.05) is 12.1 Å². The maximum Gasteiger partial charge on any atom is 0.138 e. The van der Waals surface area contributed by atoms with Crippen molar-refractivity contribution < 1.29 is 4.79 Å². The molecule has 1 atom stereocenters. The fraction of sp³-hybridized carbons (Fsp3) is 0.538. The molecule has 2 rings (SSSR count). The fourth-order valence-corrected chi connectivity index (χ4v) is 2.33. The zero-order valence-corrected chi connectivity index (χ0v) is 10.7. The molecule has 5 nitrogen and oxygen atoms in total. The Morgan fingerprint density at radius 3 is 2.94 bits per heavy atom. The fourth-order valence-electron chi connectivity index (χ4n) is 2.33. The van der Waals surface area contributed by atoms with Crippen LogP contribution in [0.4, 0.5) is 5.69 Å². The van der Waals surface area contributed by atoms with Crippen LogP contribution in [0.2, 0.25) is 0 Å². The molecule has 0 amide bonds. The van der Waals surface area contributed by atoms with Crippen molar-refractivity contribution in [3.8, 4) is 0 Å². The zero-order chi connectivity index (χ0) is 13.0. The summed E-state index contributed by atoms with van der Waals surface area (Å²) in [5.41, 5.74) is 7.29. The van der Waals surface area contributed by atoms with Crippen LogP contribution in [0.15, 0.2) is 18.3 Å². The summed E-state index contributed by atoms with van der Waals surface area (Å²) in [5, 5.41) is 0. The highest BCUT2D eigenvalue weighted by molar-refractivity contribution is 5.58. The third-order valence-electron chi connectivity index (χ3n) is 3.41. The lowest BCUT2D eigenvalue weighted by molar-refractivity contribution is -0.114. The van der Waals surface area contributed by atoms with Gasteiger partial charge in [0.15, 0.2) is 0 Å². The van der Waals surface area contributed by atoms with Gasteiger partial charge in [0.05, 0.1) is 23.6 Å². The predicted octanol–water partition coefficient (Wildman–Crippen LogP) is 0.369. The van der Waals surface area contributed by atoms with Gasteiger partial charge in [0, 0.05) is 26.2 Å². The first-order valence-electron chi connectivity index (χ1n) is 6.35. The van der Waals surface area contributed by atoms with Gasteiger partial charge in [-0.2, -0.15) is 0 Å². The van der Waals surface area contributed by atoms with Crippen molar-refractivity contribution in [1.82, 2.24) is 14.8 Å². The Labute approximate surface area is 108 Å². The van der Waals surface area contributed by atoms with E-state index >= 15 is 0 Å². The number of hydrogen-bond donors (Lipinski definition) is 1. The number of aromatic nitrogens is 1. The highest BCUT2D eigenvalue weighted by atomic mass is 16.1. The van der Waals surface area contributed by atoms with Crippen LogP contribution in [0.25, 0.3) is 0 Å². The molecular weight excluding hydrogens is 228 g/mol. The van der Waals surface area contributed by atoms with Gasteiger partial charge in [-0.25, -0.2) is 0 Å². The molecule has 0 spiro atoms. The number of carbonyl (C=O) groups excluding carboxylic acids is 1.